The molecule has 0 unspecified atom stereocenters. The van der Waals surface area contributed by atoms with Crippen LogP contribution in [0.2, 0.25) is 0 Å². The number of carbonyl (C=O) groups is 1. The van der Waals surface area contributed by atoms with Gasteiger partial charge in [-0.25, -0.2) is 0 Å². The average Bonchev–Trinajstić information content (AvgIpc) is 2.97. The second kappa shape index (κ2) is 5.79. The highest BCUT2D eigenvalue weighted by Gasteiger charge is 2.12. The maximum atomic E-state index is 12.3. The molecule has 4 nitrogen and oxygen atoms in total. The zero-order valence-electron chi connectivity index (χ0n) is 11.9. The number of aryl methyl sites for hydroxylation is 1. The number of rotatable bonds is 4. The molecule has 0 aliphatic rings. The Morgan fingerprint density at radius 3 is 2.95 bits per heavy atom. The molecule has 4 heteroatoms. The van der Waals surface area contributed by atoms with Gasteiger partial charge in [-0.05, 0) is 24.1 Å². The Balaban J connectivity index is 1.78. The van der Waals surface area contributed by atoms with Crippen LogP contribution in [0.15, 0.2) is 48.8 Å². The molecule has 1 aromatic carbocycles. The second-order valence-electron chi connectivity index (χ2n) is 4.89. The fourth-order valence-corrected chi connectivity index (χ4v) is 2.47. The number of para-hydroxylation sites is 1. The van der Waals surface area contributed by atoms with E-state index in [-0.39, 0.29) is 5.91 Å². The molecule has 21 heavy (non-hydrogen) atoms. The van der Waals surface area contributed by atoms with E-state index < -0.39 is 0 Å². The Kier molecular flexibility index (Phi) is 3.69. The molecule has 3 rings (SSSR count). The molecular weight excluding hydrogens is 262 g/mol. The maximum absolute atomic E-state index is 12.3. The minimum absolute atomic E-state index is 0.0832. The van der Waals surface area contributed by atoms with Gasteiger partial charge >= 0.3 is 0 Å². The van der Waals surface area contributed by atoms with Gasteiger partial charge in [0.05, 0.1) is 17.8 Å². The molecule has 3 aromatic rings. The summed E-state index contributed by atoms with van der Waals surface area (Å²) in [6.45, 7) is 2.53. The largest absolute Gasteiger partial charge is 0.360 e. The molecule has 2 N–H and O–H groups in total. The Morgan fingerprint density at radius 2 is 2.10 bits per heavy atom. The summed E-state index contributed by atoms with van der Waals surface area (Å²) in [5.74, 6) is -0.0832. The first-order chi connectivity index (χ1) is 10.3. The van der Waals surface area contributed by atoms with Gasteiger partial charge in [0.25, 0.3) is 5.91 Å². The quantitative estimate of drug-likeness (QED) is 0.771. The summed E-state index contributed by atoms with van der Waals surface area (Å²) in [6, 6.07) is 11.7. The Labute approximate surface area is 123 Å². The number of carbonyl (C=O) groups excluding carboxylic acids is 1. The maximum Gasteiger partial charge on any atom is 0.253 e. The van der Waals surface area contributed by atoms with Crippen LogP contribution in [0.25, 0.3) is 10.9 Å². The van der Waals surface area contributed by atoms with Gasteiger partial charge in [0.15, 0.2) is 0 Å². The van der Waals surface area contributed by atoms with Gasteiger partial charge in [-0.15, -0.1) is 0 Å². The van der Waals surface area contributed by atoms with Gasteiger partial charge in [-0.3, -0.25) is 9.78 Å². The van der Waals surface area contributed by atoms with Crippen molar-refractivity contribution in [1.29, 1.82) is 0 Å². The summed E-state index contributed by atoms with van der Waals surface area (Å²) in [5.41, 5.74) is 3.72. The molecule has 0 saturated carbocycles. The molecule has 0 saturated heterocycles. The third-order valence-corrected chi connectivity index (χ3v) is 3.62. The highest BCUT2D eigenvalue weighted by molar-refractivity contribution is 6.06. The smallest absolute Gasteiger partial charge is 0.253 e. The van der Waals surface area contributed by atoms with Crippen LogP contribution in [0.4, 0.5) is 0 Å². The number of hydrogen-bond donors (Lipinski definition) is 2. The zero-order valence-corrected chi connectivity index (χ0v) is 11.9. The van der Waals surface area contributed by atoms with E-state index in [9.17, 15) is 4.79 Å². The number of amides is 1. The summed E-state index contributed by atoms with van der Waals surface area (Å²) in [5, 5.41) is 3.88. The van der Waals surface area contributed by atoms with Gasteiger partial charge in [-0.1, -0.05) is 31.2 Å². The SMILES string of the molecule is CCc1cccnc1CNC(=O)c1c[nH]c2ccccc12. The van der Waals surface area contributed by atoms with Crippen molar-refractivity contribution in [2.24, 2.45) is 0 Å². The van der Waals surface area contributed by atoms with E-state index >= 15 is 0 Å². The van der Waals surface area contributed by atoms with Crippen LogP contribution < -0.4 is 5.32 Å². The third kappa shape index (κ3) is 2.65. The zero-order chi connectivity index (χ0) is 14.7. The fraction of sp³-hybridized carbons (Fsp3) is 0.176. The van der Waals surface area contributed by atoms with Crippen LogP contribution in [0, 0.1) is 0 Å². The van der Waals surface area contributed by atoms with E-state index in [4.69, 9.17) is 0 Å². The van der Waals surface area contributed by atoms with E-state index in [0.29, 0.717) is 12.1 Å². The topological polar surface area (TPSA) is 57.8 Å². The fourth-order valence-electron chi connectivity index (χ4n) is 2.47. The summed E-state index contributed by atoms with van der Waals surface area (Å²) in [4.78, 5) is 19.8. The van der Waals surface area contributed by atoms with Crippen molar-refractivity contribution in [1.82, 2.24) is 15.3 Å². The lowest BCUT2D eigenvalue weighted by Gasteiger charge is -2.07. The average molecular weight is 279 g/mol. The molecule has 0 aliphatic heterocycles. The number of benzene rings is 1. The van der Waals surface area contributed by atoms with Gasteiger partial charge in [0.2, 0.25) is 0 Å². The first-order valence-corrected chi connectivity index (χ1v) is 7.06. The minimum Gasteiger partial charge on any atom is -0.360 e. The lowest BCUT2D eigenvalue weighted by Crippen LogP contribution is -2.23. The van der Waals surface area contributed by atoms with Crippen molar-refractivity contribution < 1.29 is 4.79 Å². The third-order valence-electron chi connectivity index (χ3n) is 3.62. The van der Waals surface area contributed by atoms with Crippen LogP contribution in [0.5, 0.6) is 0 Å². The Bertz CT molecular complexity index is 776. The van der Waals surface area contributed by atoms with E-state index in [2.05, 4.69) is 22.2 Å². The first kappa shape index (κ1) is 13.4. The normalized spacial score (nSPS) is 10.7. The number of nitrogens with zero attached hydrogens (tertiary/aromatic N) is 1. The molecule has 1 amide bonds. The lowest BCUT2D eigenvalue weighted by molar-refractivity contribution is 0.0952. The number of nitrogens with one attached hydrogen (secondary N) is 2. The van der Waals surface area contributed by atoms with Crippen molar-refractivity contribution in [2.45, 2.75) is 19.9 Å². The van der Waals surface area contributed by atoms with Crippen LogP contribution in [-0.4, -0.2) is 15.9 Å². The molecule has 2 aromatic heterocycles. The monoisotopic (exact) mass is 279 g/mol. The van der Waals surface area contributed by atoms with Crippen molar-refractivity contribution in [3.63, 3.8) is 0 Å². The number of H-pyrrole nitrogens is 1. The van der Waals surface area contributed by atoms with Crippen LogP contribution in [0.1, 0.15) is 28.5 Å². The molecule has 0 aliphatic carbocycles. The molecule has 2 heterocycles. The van der Waals surface area contributed by atoms with Crippen LogP contribution in [0.3, 0.4) is 0 Å². The predicted molar refractivity (Wildman–Crippen MR) is 83.1 cm³/mol. The van der Waals surface area contributed by atoms with Gasteiger partial charge in [-0.2, -0.15) is 0 Å². The summed E-state index contributed by atoms with van der Waals surface area (Å²) >= 11 is 0. The standard InChI is InChI=1S/C17H17N3O/c1-2-12-6-5-9-18-16(12)11-20-17(21)14-10-19-15-8-4-3-7-13(14)15/h3-10,19H,2,11H2,1H3,(H,20,21). The molecule has 0 fully saturated rings. The highest BCUT2D eigenvalue weighted by atomic mass is 16.1. The molecule has 106 valence electrons. The number of pyridine rings is 1. The number of hydrogen-bond acceptors (Lipinski definition) is 2. The predicted octanol–water partition coefficient (Wildman–Crippen LogP) is 3.06. The number of fused-ring (bicyclic) bond motifs is 1. The van der Waals surface area contributed by atoms with E-state index in [0.717, 1.165) is 28.6 Å². The molecule has 0 spiro atoms. The highest BCUT2D eigenvalue weighted by Crippen LogP contribution is 2.17. The summed E-state index contributed by atoms with van der Waals surface area (Å²) in [6.07, 6.45) is 4.41. The van der Waals surface area contributed by atoms with E-state index in [1.807, 2.05) is 36.4 Å². The van der Waals surface area contributed by atoms with Crippen molar-refractivity contribution in [3.05, 3.63) is 65.6 Å². The van der Waals surface area contributed by atoms with Crippen molar-refractivity contribution in [3.8, 4) is 0 Å². The van der Waals surface area contributed by atoms with Gasteiger partial charge < -0.3 is 10.3 Å². The van der Waals surface area contributed by atoms with E-state index in [1.165, 1.54) is 0 Å². The van der Waals surface area contributed by atoms with Crippen LogP contribution >= 0.6 is 0 Å². The molecule has 0 atom stereocenters. The summed E-state index contributed by atoms with van der Waals surface area (Å²) in [7, 11) is 0. The van der Waals surface area contributed by atoms with Crippen molar-refractivity contribution >= 4 is 16.8 Å². The number of aromatic nitrogens is 2. The van der Waals surface area contributed by atoms with Crippen molar-refractivity contribution in [2.75, 3.05) is 0 Å². The van der Waals surface area contributed by atoms with Gasteiger partial charge in [0.1, 0.15) is 0 Å². The second-order valence-corrected chi connectivity index (χ2v) is 4.89. The first-order valence-electron chi connectivity index (χ1n) is 7.06. The van der Waals surface area contributed by atoms with Crippen LogP contribution in [-0.2, 0) is 13.0 Å². The minimum atomic E-state index is -0.0832. The lowest BCUT2D eigenvalue weighted by atomic mass is 10.1. The Morgan fingerprint density at radius 1 is 1.24 bits per heavy atom. The summed E-state index contributed by atoms with van der Waals surface area (Å²) < 4.78 is 0. The Hall–Kier alpha value is -2.62. The molecular formula is C17H17N3O. The molecule has 0 bridgehead atoms. The molecule has 0 radical (unpaired) electrons. The number of aromatic amines is 1. The van der Waals surface area contributed by atoms with E-state index in [1.54, 1.807) is 12.4 Å². The van der Waals surface area contributed by atoms with Gasteiger partial charge in [0, 0.05) is 23.3 Å².